The van der Waals surface area contributed by atoms with Crippen molar-refractivity contribution < 1.29 is 14.1 Å². The largest absolute Gasteiger partial charge is 0.456 e. The Kier molecular flexibility index (Phi) is 5.28. The first-order chi connectivity index (χ1) is 14.0. The zero-order valence-corrected chi connectivity index (χ0v) is 16.6. The van der Waals surface area contributed by atoms with E-state index in [0.717, 1.165) is 17.3 Å². The minimum absolute atomic E-state index is 0.0315. The quantitative estimate of drug-likeness (QED) is 0.221. The summed E-state index contributed by atoms with van der Waals surface area (Å²) in [6, 6.07) is 19.4. The fourth-order valence-corrected chi connectivity index (χ4v) is 4.16. The van der Waals surface area contributed by atoms with Crippen molar-refractivity contribution in [2.45, 2.75) is 6.54 Å². The molecular formula is C21H14N2O4S2. The smallest absolute Gasteiger partial charge is 0.291 e. The first kappa shape index (κ1) is 19.1. The van der Waals surface area contributed by atoms with Gasteiger partial charge in [-0.15, -0.1) is 0 Å². The number of nitro groups is 1. The fourth-order valence-electron chi connectivity index (χ4n) is 2.95. The van der Waals surface area contributed by atoms with Gasteiger partial charge in [0.1, 0.15) is 16.5 Å². The van der Waals surface area contributed by atoms with E-state index in [1.165, 1.54) is 6.07 Å². The standard InChI is InChI=1S/C21H14N2O4S2/c24-21-22(13-14-6-2-1-3-7-14)20(28)19(29-21)12-15-10-11-18(27-15)16-8-4-5-9-17(16)23(25)26/h1-12H,13H2. The van der Waals surface area contributed by atoms with Gasteiger partial charge in [0.2, 0.25) is 0 Å². The molecule has 1 amide bonds. The van der Waals surface area contributed by atoms with E-state index in [9.17, 15) is 14.9 Å². The number of thiocarbonyl (C=S) groups is 1. The van der Waals surface area contributed by atoms with Crippen LogP contribution in [0.5, 0.6) is 0 Å². The van der Waals surface area contributed by atoms with Crippen LogP contribution in [0.4, 0.5) is 10.5 Å². The predicted octanol–water partition coefficient (Wildman–Crippen LogP) is 5.89. The maximum Gasteiger partial charge on any atom is 0.291 e. The molecular weight excluding hydrogens is 408 g/mol. The highest BCUT2D eigenvalue weighted by Gasteiger charge is 2.32. The Morgan fingerprint density at radius 2 is 1.79 bits per heavy atom. The monoisotopic (exact) mass is 422 g/mol. The van der Waals surface area contributed by atoms with Gasteiger partial charge in [-0.2, -0.15) is 0 Å². The predicted molar refractivity (Wildman–Crippen MR) is 116 cm³/mol. The summed E-state index contributed by atoms with van der Waals surface area (Å²) in [7, 11) is 0. The molecule has 1 saturated heterocycles. The van der Waals surface area contributed by atoms with Crippen LogP contribution < -0.4 is 0 Å². The van der Waals surface area contributed by atoms with Gasteiger partial charge in [-0.1, -0.05) is 54.7 Å². The van der Waals surface area contributed by atoms with E-state index in [2.05, 4.69) is 0 Å². The van der Waals surface area contributed by atoms with Gasteiger partial charge < -0.3 is 4.42 Å². The molecule has 0 aliphatic carbocycles. The molecule has 1 fully saturated rings. The molecule has 0 saturated carbocycles. The van der Waals surface area contributed by atoms with Gasteiger partial charge in [-0.05, 0) is 41.6 Å². The molecule has 144 valence electrons. The summed E-state index contributed by atoms with van der Waals surface area (Å²) in [5.41, 5.74) is 1.35. The summed E-state index contributed by atoms with van der Waals surface area (Å²) in [4.78, 5) is 25.8. The molecule has 0 spiro atoms. The zero-order valence-electron chi connectivity index (χ0n) is 15.0. The molecule has 0 unspecified atom stereocenters. The number of nitrogens with zero attached hydrogens (tertiary/aromatic N) is 2. The van der Waals surface area contributed by atoms with Crippen LogP contribution in [-0.4, -0.2) is 20.1 Å². The lowest BCUT2D eigenvalue weighted by molar-refractivity contribution is -0.384. The zero-order chi connectivity index (χ0) is 20.4. The number of furan rings is 1. The van der Waals surface area contributed by atoms with Crippen molar-refractivity contribution in [2.24, 2.45) is 0 Å². The lowest BCUT2D eigenvalue weighted by Crippen LogP contribution is -2.26. The maximum absolute atomic E-state index is 12.4. The lowest BCUT2D eigenvalue weighted by Gasteiger charge is -2.14. The first-order valence-electron chi connectivity index (χ1n) is 8.66. The number of thioether (sulfide) groups is 1. The highest BCUT2D eigenvalue weighted by Crippen LogP contribution is 2.36. The highest BCUT2D eigenvalue weighted by molar-refractivity contribution is 8.19. The molecule has 1 aliphatic rings. The molecule has 4 rings (SSSR count). The van der Waals surface area contributed by atoms with Crippen molar-refractivity contribution in [2.75, 3.05) is 0 Å². The SMILES string of the molecule is O=C1SC(=Cc2ccc(-c3ccccc3[N+](=O)[O-])o2)C(=S)N1Cc1ccccc1. The van der Waals surface area contributed by atoms with Gasteiger partial charge in [0, 0.05) is 6.07 Å². The summed E-state index contributed by atoms with van der Waals surface area (Å²) < 4.78 is 5.78. The highest BCUT2D eigenvalue weighted by atomic mass is 32.2. The van der Waals surface area contributed by atoms with Gasteiger partial charge in [-0.3, -0.25) is 19.8 Å². The van der Waals surface area contributed by atoms with E-state index >= 15 is 0 Å². The second kappa shape index (κ2) is 8.02. The minimum atomic E-state index is -0.446. The van der Waals surface area contributed by atoms with E-state index in [4.69, 9.17) is 16.6 Å². The van der Waals surface area contributed by atoms with Crippen LogP contribution in [0.1, 0.15) is 11.3 Å². The van der Waals surface area contributed by atoms with Crippen molar-refractivity contribution in [1.29, 1.82) is 0 Å². The molecule has 1 aliphatic heterocycles. The molecule has 1 aromatic heterocycles. The van der Waals surface area contributed by atoms with E-state index in [1.54, 1.807) is 41.3 Å². The lowest BCUT2D eigenvalue weighted by atomic mass is 10.1. The van der Waals surface area contributed by atoms with Gasteiger partial charge in [0.05, 0.1) is 21.9 Å². The summed E-state index contributed by atoms with van der Waals surface area (Å²) in [6.45, 7) is 0.405. The molecule has 8 heteroatoms. The second-order valence-electron chi connectivity index (χ2n) is 6.23. The summed E-state index contributed by atoms with van der Waals surface area (Å²) in [6.07, 6.45) is 1.69. The van der Waals surface area contributed by atoms with Gasteiger partial charge in [-0.25, -0.2) is 0 Å². The van der Waals surface area contributed by atoms with Crippen LogP contribution >= 0.6 is 24.0 Å². The average molecular weight is 422 g/mol. The van der Waals surface area contributed by atoms with Crippen LogP contribution in [0.15, 0.2) is 76.1 Å². The summed E-state index contributed by atoms with van der Waals surface area (Å²) >= 11 is 6.53. The van der Waals surface area contributed by atoms with Crippen molar-refractivity contribution in [3.63, 3.8) is 0 Å². The number of hydrogen-bond acceptors (Lipinski definition) is 6. The van der Waals surface area contributed by atoms with Crippen molar-refractivity contribution >= 4 is 46.0 Å². The third-order valence-electron chi connectivity index (χ3n) is 4.32. The summed E-state index contributed by atoms with van der Waals surface area (Å²) in [5.74, 6) is 0.850. The molecule has 0 bridgehead atoms. The third-order valence-corrected chi connectivity index (χ3v) is 5.82. The van der Waals surface area contributed by atoms with Gasteiger partial charge >= 0.3 is 0 Å². The van der Waals surface area contributed by atoms with Gasteiger partial charge in [0.25, 0.3) is 10.9 Å². The Balaban J connectivity index is 1.57. The van der Waals surface area contributed by atoms with Crippen LogP contribution in [0.2, 0.25) is 0 Å². The Morgan fingerprint density at radius 1 is 1.07 bits per heavy atom. The van der Waals surface area contributed by atoms with Gasteiger partial charge in [0.15, 0.2) is 0 Å². The Bertz CT molecular complexity index is 1140. The van der Waals surface area contributed by atoms with Crippen molar-refractivity contribution in [3.05, 3.63) is 93.1 Å². The minimum Gasteiger partial charge on any atom is -0.456 e. The molecule has 2 aromatic carbocycles. The number of carbonyl (C=O) groups excluding carboxylic acids is 1. The van der Waals surface area contributed by atoms with E-state index in [1.807, 2.05) is 30.3 Å². The van der Waals surface area contributed by atoms with Crippen LogP contribution in [-0.2, 0) is 6.54 Å². The first-order valence-corrected chi connectivity index (χ1v) is 9.88. The number of hydrogen-bond donors (Lipinski definition) is 0. The Hall–Kier alpha value is -3.23. The van der Waals surface area contributed by atoms with Crippen molar-refractivity contribution in [1.82, 2.24) is 4.90 Å². The molecule has 0 radical (unpaired) electrons. The number of benzene rings is 2. The number of rotatable bonds is 5. The third kappa shape index (κ3) is 3.98. The number of amides is 1. The number of carbonyl (C=O) groups is 1. The van der Waals surface area contributed by atoms with Crippen molar-refractivity contribution in [3.8, 4) is 11.3 Å². The maximum atomic E-state index is 12.4. The Morgan fingerprint density at radius 3 is 2.55 bits per heavy atom. The fraction of sp³-hybridized carbons (Fsp3) is 0.0476. The molecule has 0 atom stereocenters. The molecule has 2 heterocycles. The second-order valence-corrected chi connectivity index (χ2v) is 7.61. The van der Waals surface area contributed by atoms with Crippen LogP contribution in [0.3, 0.4) is 0 Å². The van der Waals surface area contributed by atoms with Crippen LogP contribution in [0.25, 0.3) is 17.4 Å². The molecule has 29 heavy (non-hydrogen) atoms. The summed E-state index contributed by atoms with van der Waals surface area (Å²) in [5, 5.41) is 11.1. The van der Waals surface area contributed by atoms with E-state index in [-0.39, 0.29) is 10.9 Å². The normalized spacial score (nSPS) is 15.3. The van der Waals surface area contributed by atoms with Crippen LogP contribution in [0, 0.1) is 10.1 Å². The Labute approximate surface area is 176 Å². The number of nitro benzene ring substituents is 1. The van der Waals surface area contributed by atoms with E-state index in [0.29, 0.717) is 33.5 Å². The molecule has 3 aromatic rings. The average Bonchev–Trinajstić information content (AvgIpc) is 3.29. The number of para-hydroxylation sites is 1. The van der Waals surface area contributed by atoms with E-state index < -0.39 is 4.92 Å². The topological polar surface area (TPSA) is 76.6 Å². The molecule has 0 N–H and O–H groups in total. The molecule has 6 nitrogen and oxygen atoms in total.